The van der Waals surface area contributed by atoms with Crippen LogP contribution in [0, 0.1) is 11.6 Å². The molecule has 8 heteroatoms. The van der Waals surface area contributed by atoms with Crippen molar-refractivity contribution in [1.29, 1.82) is 0 Å². The first-order valence-corrected chi connectivity index (χ1v) is 9.35. The number of piperazine rings is 1. The monoisotopic (exact) mass is 374 g/mol. The van der Waals surface area contributed by atoms with E-state index in [1.807, 2.05) is 4.90 Å². The van der Waals surface area contributed by atoms with Crippen LogP contribution in [-0.4, -0.2) is 41.6 Å². The summed E-state index contributed by atoms with van der Waals surface area (Å²) in [6, 6.07) is 0.957. The molecule has 27 heavy (non-hydrogen) atoms. The summed E-state index contributed by atoms with van der Waals surface area (Å²) in [6.45, 7) is 1.45. The van der Waals surface area contributed by atoms with Gasteiger partial charge in [0.15, 0.2) is 5.82 Å². The summed E-state index contributed by atoms with van der Waals surface area (Å²) < 4.78 is 31.8. The topological polar surface area (TPSA) is 66.4 Å². The lowest BCUT2D eigenvalue weighted by Gasteiger charge is -2.37. The summed E-state index contributed by atoms with van der Waals surface area (Å²) >= 11 is 0. The zero-order valence-electron chi connectivity index (χ0n) is 14.7. The highest BCUT2D eigenvalue weighted by Crippen LogP contribution is 2.39. The van der Waals surface area contributed by atoms with E-state index in [0.29, 0.717) is 17.2 Å². The number of fused-ring (bicyclic) bond motifs is 3. The van der Waals surface area contributed by atoms with Crippen molar-refractivity contribution in [3.8, 4) is 0 Å². The van der Waals surface area contributed by atoms with Gasteiger partial charge in [0.1, 0.15) is 17.5 Å². The first kappa shape index (κ1) is 16.7. The summed E-state index contributed by atoms with van der Waals surface area (Å²) in [4.78, 5) is 25.3. The molecule has 3 unspecified atom stereocenters. The Kier molecular flexibility index (Phi) is 3.72. The molecule has 3 saturated heterocycles. The average Bonchev–Trinajstić information content (AvgIpc) is 3.13. The summed E-state index contributed by atoms with van der Waals surface area (Å²) in [5.41, 5.74) is 0.0394. The SMILES string of the molecule is O=C1CCC(n2cc3cc(F)c(N4C5CCC4CNC5)c(F)c3c2)C(=O)N1. The maximum atomic E-state index is 15.4. The number of rotatable bonds is 2. The number of benzene rings is 1. The van der Waals surface area contributed by atoms with E-state index in [-0.39, 0.29) is 30.1 Å². The number of carbonyl (C=O) groups excluding carboxylic acids is 2. The minimum atomic E-state index is -0.587. The molecule has 3 atom stereocenters. The Balaban J connectivity index is 1.57. The summed E-state index contributed by atoms with van der Waals surface area (Å²) in [5, 5.41) is 6.33. The molecular weight excluding hydrogens is 354 g/mol. The van der Waals surface area contributed by atoms with Crippen LogP contribution in [0.25, 0.3) is 10.8 Å². The highest BCUT2D eigenvalue weighted by molar-refractivity contribution is 6.00. The third-order valence-electron chi connectivity index (χ3n) is 6.04. The molecule has 2 aromatic rings. The van der Waals surface area contributed by atoms with Gasteiger partial charge in [-0.2, -0.15) is 0 Å². The number of piperidine rings is 1. The maximum absolute atomic E-state index is 15.4. The molecule has 4 heterocycles. The molecule has 6 nitrogen and oxygen atoms in total. The van der Waals surface area contributed by atoms with Gasteiger partial charge in [-0.25, -0.2) is 8.78 Å². The van der Waals surface area contributed by atoms with Crippen molar-refractivity contribution in [3.05, 3.63) is 30.1 Å². The lowest BCUT2D eigenvalue weighted by molar-refractivity contribution is -0.135. The Hall–Kier alpha value is -2.48. The van der Waals surface area contributed by atoms with Gasteiger partial charge in [0.2, 0.25) is 11.8 Å². The highest BCUT2D eigenvalue weighted by atomic mass is 19.1. The average molecular weight is 374 g/mol. The number of carbonyl (C=O) groups is 2. The minimum absolute atomic E-state index is 0.0394. The second-order valence-corrected chi connectivity index (χ2v) is 7.65. The first-order chi connectivity index (χ1) is 13.0. The molecule has 142 valence electrons. The van der Waals surface area contributed by atoms with Crippen LogP contribution in [0.15, 0.2) is 18.5 Å². The predicted molar refractivity (Wildman–Crippen MR) is 95.4 cm³/mol. The Morgan fingerprint density at radius 3 is 2.48 bits per heavy atom. The normalized spacial score (nSPS) is 28.1. The van der Waals surface area contributed by atoms with Gasteiger partial charge in [0.05, 0.1) is 0 Å². The van der Waals surface area contributed by atoms with Crippen molar-refractivity contribution in [2.45, 2.75) is 43.8 Å². The Bertz CT molecular complexity index is 941. The number of aromatic nitrogens is 1. The first-order valence-electron chi connectivity index (χ1n) is 9.35. The van der Waals surface area contributed by atoms with Crippen LogP contribution in [0.3, 0.4) is 0 Å². The number of hydrogen-bond donors (Lipinski definition) is 2. The molecule has 3 fully saturated rings. The molecule has 0 radical (unpaired) electrons. The number of halogens is 2. The van der Waals surface area contributed by atoms with E-state index in [2.05, 4.69) is 10.6 Å². The number of amides is 2. The summed E-state index contributed by atoms with van der Waals surface area (Å²) in [7, 11) is 0. The van der Waals surface area contributed by atoms with Gasteiger partial charge in [-0.1, -0.05) is 0 Å². The second kappa shape index (κ2) is 6.02. The van der Waals surface area contributed by atoms with E-state index in [0.717, 1.165) is 25.9 Å². The molecule has 0 saturated carbocycles. The van der Waals surface area contributed by atoms with Crippen LogP contribution in [0.1, 0.15) is 31.7 Å². The number of anilines is 1. The van der Waals surface area contributed by atoms with Gasteiger partial charge >= 0.3 is 0 Å². The molecule has 5 rings (SSSR count). The van der Waals surface area contributed by atoms with Gasteiger partial charge in [-0.15, -0.1) is 0 Å². The van der Waals surface area contributed by atoms with Crippen LogP contribution in [-0.2, 0) is 9.59 Å². The van der Waals surface area contributed by atoms with Crippen molar-refractivity contribution >= 4 is 28.3 Å². The van der Waals surface area contributed by atoms with E-state index >= 15 is 4.39 Å². The lowest BCUT2D eigenvalue weighted by Crippen LogP contribution is -2.52. The summed E-state index contributed by atoms with van der Waals surface area (Å²) in [5.74, 6) is -1.86. The third-order valence-corrected chi connectivity index (χ3v) is 6.04. The number of nitrogens with one attached hydrogen (secondary N) is 2. The Labute approximate surface area is 154 Å². The Morgan fingerprint density at radius 2 is 1.78 bits per heavy atom. The van der Waals surface area contributed by atoms with Crippen LogP contribution in [0.2, 0.25) is 0 Å². The molecule has 2 N–H and O–H groups in total. The van der Waals surface area contributed by atoms with E-state index in [4.69, 9.17) is 0 Å². The second-order valence-electron chi connectivity index (χ2n) is 7.65. The van der Waals surface area contributed by atoms with Gasteiger partial charge in [0, 0.05) is 54.8 Å². The molecule has 3 aliphatic rings. The van der Waals surface area contributed by atoms with Gasteiger partial charge in [-0.05, 0) is 25.3 Å². The fraction of sp³-hybridized carbons (Fsp3) is 0.474. The van der Waals surface area contributed by atoms with Crippen LogP contribution < -0.4 is 15.5 Å². The fourth-order valence-corrected chi connectivity index (χ4v) is 4.75. The molecule has 1 aromatic carbocycles. The Morgan fingerprint density at radius 1 is 1.04 bits per heavy atom. The lowest BCUT2D eigenvalue weighted by atomic mass is 10.1. The molecule has 1 aromatic heterocycles. The number of nitrogens with zero attached hydrogens (tertiary/aromatic N) is 2. The largest absolute Gasteiger partial charge is 0.358 e. The standard InChI is InChI=1S/C19H20F2N4O2/c20-14-5-10-8-24(15-3-4-16(26)23-19(15)27)9-13(10)17(21)18(14)25-11-1-2-12(25)7-22-6-11/h5,8-9,11-12,15,22H,1-4,6-7H2,(H,23,26,27). The smallest absolute Gasteiger partial charge is 0.249 e. The number of imide groups is 1. The molecule has 2 amide bonds. The van der Waals surface area contributed by atoms with Gasteiger partial charge in [-0.3, -0.25) is 14.9 Å². The molecule has 0 aliphatic carbocycles. The van der Waals surface area contributed by atoms with Crippen LogP contribution >= 0.6 is 0 Å². The molecule has 0 spiro atoms. The van der Waals surface area contributed by atoms with Crippen molar-refractivity contribution in [3.63, 3.8) is 0 Å². The van der Waals surface area contributed by atoms with Crippen molar-refractivity contribution in [2.24, 2.45) is 0 Å². The van der Waals surface area contributed by atoms with Crippen molar-refractivity contribution in [2.75, 3.05) is 18.0 Å². The zero-order chi connectivity index (χ0) is 18.7. The van der Waals surface area contributed by atoms with Crippen molar-refractivity contribution in [1.82, 2.24) is 15.2 Å². The molecular formula is C19H20F2N4O2. The fourth-order valence-electron chi connectivity index (χ4n) is 4.75. The predicted octanol–water partition coefficient (Wildman–Crippen LogP) is 1.84. The molecule has 2 bridgehead atoms. The van der Waals surface area contributed by atoms with E-state index < -0.39 is 23.6 Å². The van der Waals surface area contributed by atoms with E-state index in [1.165, 1.54) is 6.07 Å². The van der Waals surface area contributed by atoms with Crippen LogP contribution in [0.5, 0.6) is 0 Å². The van der Waals surface area contributed by atoms with Crippen molar-refractivity contribution < 1.29 is 18.4 Å². The zero-order valence-corrected chi connectivity index (χ0v) is 14.7. The van der Waals surface area contributed by atoms with E-state index in [1.54, 1.807) is 17.0 Å². The van der Waals surface area contributed by atoms with E-state index in [9.17, 15) is 14.0 Å². The maximum Gasteiger partial charge on any atom is 0.249 e. The molecule has 3 aliphatic heterocycles. The van der Waals surface area contributed by atoms with Crippen LogP contribution in [0.4, 0.5) is 14.5 Å². The highest BCUT2D eigenvalue weighted by Gasteiger charge is 2.39. The number of hydrogen-bond acceptors (Lipinski definition) is 4. The minimum Gasteiger partial charge on any atom is -0.358 e. The summed E-state index contributed by atoms with van der Waals surface area (Å²) in [6.07, 6.45) is 5.56. The van der Waals surface area contributed by atoms with Gasteiger partial charge < -0.3 is 14.8 Å². The van der Waals surface area contributed by atoms with Gasteiger partial charge in [0.25, 0.3) is 0 Å². The third kappa shape index (κ3) is 2.54. The quantitative estimate of drug-likeness (QED) is 0.788.